The van der Waals surface area contributed by atoms with Crippen LogP contribution in [0.4, 0.5) is 15.3 Å². The third-order valence-corrected chi connectivity index (χ3v) is 5.35. The number of carbonyl (C=O) groups is 2. The molecule has 1 saturated heterocycles. The number of hydrogen-bond donors (Lipinski definition) is 2. The van der Waals surface area contributed by atoms with Crippen molar-refractivity contribution in [3.05, 3.63) is 54.6 Å². The first-order valence-electron chi connectivity index (χ1n) is 9.03. The summed E-state index contributed by atoms with van der Waals surface area (Å²) in [6.07, 6.45) is 0.166. The number of sulfonamides is 1. The standard InChI is InChI=1S/C19H22N4O5S/c20-29(26,27)17-9-7-15(8-10-17)21-18(24)22-11-4-12-23(14-13-22)19(25)28-16-5-2-1-3-6-16/h1-3,5-10H,4,11-14H2,(H,21,24)(H2,20,26,27). The zero-order valence-electron chi connectivity index (χ0n) is 15.7. The summed E-state index contributed by atoms with van der Waals surface area (Å²) in [7, 11) is -3.78. The largest absolute Gasteiger partial charge is 0.415 e. The molecule has 2 aromatic carbocycles. The number of ether oxygens (including phenoxy) is 1. The Kier molecular flexibility index (Phi) is 6.35. The lowest BCUT2D eigenvalue weighted by molar-refractivity contribution is 0.153. The van der Waals surface area contributed by atoms with Gasteiger partial charge in [-0.05, 0) is 42.8 Å². The molecule has 3 amide bonds. The van der Waals surface area contributed by atoms with Gasteiger partial charge in [-0.1, -0.05) is 18.2 Å². The van der Waals surface area contributed by atoms with E-state index in [2.05, 4.69) is 5.32 Å². The van der Waals surface area contributed by atoms with E-state index in [1.807, 2.05) is 6.07 Å². The maximum Gasteiger partial charge on any atom is 0.415 e. The number of amides is 3. The molecule has 0 saturated carbocycles. The monoisotopic (exact) mass is 418 g/mol. The first-order valence-corrected chi connectivity index (χ1v) is 10.6. The van der Waals surface area contributed by atoms with Gasteiger partial charge < -0.3 is 19.9 Å². The first kappa shape index (κ1) is 20.6. The molecule has 1 aliphatic heterocycles. The molecule has 0 aliphatic carbocycles. The van der Waals surface area contributed by atoms with Crippen LogP contribution in [-0.4, -0.2) is 56.5 Å². The van der Waals surface area contributed by atoms with Crippen molar-refractivity contribution >= 4 is 27.8 Å². The van der Waals surface area contributed by atoms with Crippen molar-refractivity contribution < 1.29 is 22.7 Å². The molecule has 0 unspecified atom stereocenters. The van der Waals surface area contributed by atoms with Crippen LogP contribution in [0.2, 0.25) is 0 Å². The number of primary sulfonamides is 1. The van der Waals surface area contributed by atoms with Crippen molar-refractivity contribution in [2.75, 3.05) is 31.5 Å². The maximum absolute atomic E-state index is 12.5. The molecule has 1 heterocycles. The lowest BCUT2D eigenvalue weighted by atomic mass is 10.3. The highest BCUT2D eigenvalue weighted by Crippen LogP contribution is 2.15. The zero-order chi connectivity index (χ0) is 20.9. The highest BCUT2D eigenvalue weighted by atomic mass is 32.2. The van der Waals surface area contributed by atoms with Crippen LogP contribution in [0, 0.1) is 0 Å². The lowest BCUT2D eigenvalue weighted by Gasteiger charge is -2.22. The summed E-state index contributed by atoms with van der Waals surface area (Å²) in [5, 5.41) is 7.78. The van der Waals surface area contributed by atoms with Crippen molar-refractivity contribution in [1.29, 1.82) is 0 Å². The summed E-state index contributed by atoms with van der Waals surface area (Å²) < 4.78 is 27.9. The molecule has 0 spiro atoms. The molecule has 29 heavy (non-hydrogen) atoms. The van der Waals surface area contributed by atoms with Crippen molar-refractivity contribution in [2.24, 2.45) is 5.14 Å². The summed E-state index contributed by atoms with van der Waals surface area (Å²) in [5.74, 6) is 0.472. The molecule has 1 fully saturated rings. The van der Waals surface area contributed by atoms with Gasteiger partial charge in [0.25, 0.3) is 0 Å². The minimum atomic E-state index is -3.78. The fourth-order valence-electron chi connectivity index (χ4n) is 2.89. The second-order valence-electron chi connectivity index (χ2n) is 6.51. The predicted molar refractivity (Wildman–Crippen MR) is 107 cm³/mol. The summed E-state index contributed by atoms with van der Waals surface area (Å²) in [5.41, 5.74) is 0.451. The highest BCUT2D eigenvalue weighted by Gasteiger charge is 2.23. The molecule has 3 N–H and O–H groups in total. The number of benzene rings is 2. The molecule has 0 atom stereocenters. The Bertz CT molecular complexity index is 964. The first-order chi connectivity index (χ1) is 13.8. The SMILES string of the molecule is NS(=O)(=O)c1ccc(NC(=O)N2CCCN(C(=O)Oc3ccccc3)CC2)cc1. The van der Waals surface area contributed by atoms with Gasteiger partial charge in [-0.2, -0.15) is 0 Å². The van der Waals surface area contributed by atoms with Gasteiger partial charge in [0, 0.05) is 31.9 Å². The summed E-state index contributed by atoms with van der Waals surface area (Å²) in [6.45, 7) is 1.67. The van der Waals surface area contributed by atoms with Crippen LogP contribution in [0.5, 0.6) is 5.75 Å². The normalized spacial score (nSPS) is 14.8. The maximum atomic E-state index is 12.5. The number of carbonyl (C=O) groups excluding carboxylic acids is 2. The number of nitrogens with one attached hydrogen (secondary N) is 1. The fourth-order valence-corrected chi connectivity index (χ4v) is 3.40. The van der Waals surface area contributed by atoms with E-state index in [0.717, 1.165) is 0 Å². The van der Waals surface area contributed by atoms with Gasteiger partial charge in [-0.3, -0.25) is 0 Å². The fraction of sp³-hybridized carbons (Fsp3) is 0.263. The molecule has 10 heteroatoms. The van der Waals surface area contributed by atoms with Crippen LogP contribution in [-0.2, 0) is 10.0 Å². The molecule has 1 aliphatic rings. The third-order valence-electron chi connectivity index (χ3n) is 4.42. The Morgan fingerprint density at radius 2 is 1.52 bits per heavy atom. The minimum absolute atomic E-state index is 0.0298. The summed E-state index contributed by atoms with van der Waals surface area (Å²) in [6, 6.07) is 14.1. The Balaban J connectivity index is 1.54. The number of anilines is 1. The molecule has 0 bridgehead atoms. The Morgan fingerprint density at radius 3 is 2.17 bits per heavy atom. The van der Waals surface area contributed by atoms with E-state index >= 15 is 0 Å². The van der Waals surface area contributed by atoms with Crippen molar-refractivity contribution in [2.45, 2.75) is 11.3 Å². The molecule has 154 valence electrons. The van der Waals surface area contributed by atoms with Crippen LogP contribution in [0.25, 0.3) is 0 Å². The summed E-state index contributed by atoms with van der Waals surface area (Å²) >= 11 is 0. The molecule has 3 rings (SSSR count). The predicted octanol–water partition coefficient (Wildman–Crippen LogP) is 2.07. The second kappa shape index (κ2) is 8.93. The van der Waals surface area contributed by atoms with Gasteiger partial charge in [0.15, 0.2) is 0 Å². The molecule has 2 aromatic rings. The van der Waals surface area contributed by atoms with Crippen molar-refractivity contribution in [1.82, 2.24) is 9.80 Å². The molecule has 0 aromatic heterocycles. The van der Waals surface area contributed by atoms with Crippen LogP contribution >= 0.6 is 0 Å². The van der Waals surface area contributed by atoms with Crippen LogP contribution < -0.4 is 15.2 Å². The number of nitrogens with two attached hydrogens (primary N) is 1. The average Bonchev–Trinajstić information content (AvgIpc) is 2.95. The second-order valence-corrected chi connectivity index (χ2v) is 8.07. The molecule has 0 radical (unpaired) electrons. The van der Waals surface area contributed by atoms with Crippen LogP contribution in [0.15, 0.2) is 59.5 Å². The van der Waals surface area contributed by atoms with E-state index in [1.165, 1.54) is 24.3 Å². The van der Waals surface area contributed by atoms with Gasteiger partial charge in [-0.25, -0.2) is 23.1 Å². The number of nitrogens with zero attached hydrogens (tertiary/aromatic N) is 2. The van der Waals surface area contributed by atoms with Crippen molar-refractivity contribution in [3.63, 3.8) is 0 Å². The van der Waals surface area contributed by atoms with E-state index in [0.29, 0.717) is 44.0 Å². The highest BCUT2D eigenvalue weighted by molar-refractivity contribution is 7.89. The van der Waals surface area contributed by atoms with Gasteiger partial charge in [-0.15, -0.1) is 0 Å². The van der Waals surface area contributed by atoms with E-state index in [4.69, 9.17) is 9.88 Å². The molecular weight excluding hydrogens is 396 g/mol. The quantitative estimate of drug-likeness (QED) is 0.790. The van der Waals surface area contributed by atoms with Gasteiger partial charge in [0.1, 0.15) is 5.75 Å². The van der Waals surface area contributed by atoms with Crippen molar-refractivity contribution in [3.8, 4) is 5.75 Å². The number of urea groups is 1. The van der Waals surface area contributed by atoms with E-state index in [9.17, 15) is 18.0 Å². The number of hydrogen-bond acceptors (Lipinski definition) is 5. The Labute approximate surface area is 169 Å². The van der Waals surface area contributed by atoms with Crippen LogP contribution in [0.1, 0.15) is 6.42 Å². The number of para-hydroxylation sites is 1. The number of rotatable bonds is 3. The third kappa shape index (κ3) is 5.69. The summed E-state index contributed by atoms with van der Waals surface area (Å²) in [4.78, 5) is 28.0. The van der Waals surface area contributed by atoms with Gasteiger partial charge in [0.2, 0.25) is 10.0 Å². The lowest BCUT2D eigenvalue weighted by Crippen LogP contribution is -2.40. The van der Waals surface area contributed by atoms with Gasteiger partial charge in [0.05, 0.1) is 4.90 Å². The van der Waals surface area contributed by atoms with E-state index < -0.39 is 16.1 Å². The van der Waals surface area contributed by atoms with Gasteiger partial charge >= 0.3 is 12.1 Å². The average molecular weight is 418 g/mol. The molecular formula is C19H22N4O5S. The zero-order valence-corrected chi connectivity index (χ0v) is 16.5. The van der Waals surface area contributed by atoms with E-state index in [1.54, 1.807) is 34.1 Å². The topological polar surface area (TPSA) is 122 Å². The minimum Gasteiger partial charge on any atom is -0.410 e. The Hall–Kier alpha value is -3.11. The Morgan fingerprint density at radius 1 is 0.897 bits per heavy atom. The smallest absolute Gasteiger partial charge is 0.410 e. The molecule has 9 nitrogen and oxygen atoms in total. The van der Waals surface area contributed by atoms with Crippen LogP contribution in [0.3, 0.4) is 0 Å². The van der Waals surface area contributed by atoms with E-state index in [-0.39, 0.29) is 10.9 Å².